The first kappa shape index (κ1) is 17.6. The maximum atomic E-state index is 12.6. The Hall–Kier alpha value is -2.80. The summed E-state index contributed by atoms with van der Waals surface area (Å²) in [7, 11) is 0. The summed E-state index contributed by atoms with van der Waals surface area (Å²) in [6, 6.07) is 13.3. The molecule has 1 fully saturated rings. The van der Waals surface area contributed by atoms with E-state index in [4.69, 9.17) is 4.42 Å². The summed E-state index contributed by atoms with van der Waals surface area (Å²) in [5, 5.41) is 1.07. The number of piperazine rings is 1. The van der Waals surface area contributed by atoms with Gasteiger partial charge >= 0.3 is 0 Å². The Balaban J connectivity index is 1.33. The van der Waals surface area contributed by atoms with Crippen molar-refractivity contribution in [3.8, 4) is 0 Å². The fraction of sp³-hybridized carbons (Fsp3) is 0.250. The molecule has 0 N–H and O–H groups in total. The Morgan fingerprint density at radius 3 is 2.56 bits per heavy atom. The van der Waals surface area contributed by atoms with Crippen molar-refractivity contribution in [2.45, 2.75) is 4.90 Å². The molecule has 0 radical (unpaired) electrons. The minimum absolute atomic E-state index is 0.0815. The Labute approximate surface area is 161 Å². The second-order valence-corrected chi connectivity index (χ2v) is 7.29. The SMILES string of the molecule is O=C(CSc1cccc2cccnc12)N1CCN(C(=O)c2ccco2)CC1. The molecular weight excluding hydrogens is 362 g/mol. The number of aromatic nitrogens is 1. The first-order valence-corrected chi connectivity index (χ1v) is 9.78. The summed E-state index contributed by atoms with van der Waals surface area (Å²) in [6.45, 7) is 2.12. The molecule has 3 heterocycles. The lowest BCUT2D eigenvalue weighted by molar-refractivity contribution is -0.129. The van der Waals surface area contributed by atoms with E-state index < -0.39 is 0 Å². The van der Waals surface area contributed by atoms with Crippen molar-refractivity contribution in [1.82, 2.24) is 14.8 Å². The number of para-hydroxylation sites is 1. The Morgan fingerprint density at radius 1 is 1.00 bits per heavy atom. The Kier molecular flexibility index (Phi) is 5.11. The van der Waals surface area contributed by atoms with Gasteiger partial charge in [0.2, 0.25) is 5.91 Å². The highest BCUT2D eigenvalue weighted by Gasteiger charge is 2.26. The van der Waals surface area contributed by atoms with Crippen LogP contribution in [0, 0.1) is 0 Å². The van der Waals surface area contributed by atoms with Gasteiger partial charge in [-0.1, -0.05) is 18.2 Å². The van der Waals surface area contributed by atoms with Crippen molar-refractivity contribution in [3.63, 3.8) is 0 Å². The molecule has 1 aromatic carbocycles. The van der Waals surface area contributed by atoms with Crippen LogP contribution < -0.4 is 0 Å². The molecule has 1 aliphatic heterocycles. The van der Waals surface area contributed by atoms with Gasteiger partial charge in [-0.15, -0.1) is 11.8 Å². The molecule has 1 saturated heterocycles. The summed E-state index contributed by atoms with van der Waals surface area (Å²) in [5.41, 5.74) is 0.923. The van der Waals surface area contributed by atoms with Gasteiger partial charge < -0.3 is 14.2 Å². The molecule has 27 heavy (non-hydrogen) atoms. The third kappa shape index (κ3) is 3.83. The standard InChI is InChI=1S/C20H19N3O3S/c24-18(14-27-17-7-1-4-15-5-2-8-21-19(15)17)22-9-11-23(12-10-22)20(25)16-6-3-13-26-16/h1-8,13H,9-12,14H2. The molecule has 0 aliphatic carbocycles. The molecule has 0 spiro atoms. The predicted molar refractivity (Wildman–Crippen MR) is 104 cm³/mol. The molecule has 138 valence electrons. The summed E-state index contributed by atoms with van der Waals surface area (Å²) < 4.78 is 5.16. The van der Waals surface area contributed by atoms with Crippen LogP contribution in [0.1, 0.15) is 10.6 Å². The second kappa shape index (κ2) is 7.84. The van der Waals surface area contributed by atoms with Crippen molar-refractivity contribution < 1.29 is 14.0 Å². The normalized spacial score (nSPS) is 14.5. The monoisotopic (exact) mass is 381 g/mol. The van der Waals surface area contributed by atoms with Crippen LogP contribution in [0.4, 0.5) is 0 Å². The first-order chi connectivity index (χ1) is 13.2. The molecule has 1 aliphatic rings. The van der Waals surface area contributed by atoms with E-state index in [2.05, 4.69) is 4.98 Å². The van der Waals surface area contributed by atoms with Crippen molar-refractivity contribution in [2.24, 2.45) is 0 Å². The molecular formula is C20H19N3O3S. The van der Waals surface area contributed by atoms with Crippen LogP contribution in [-0.4, -0.2) is 58.5 Å². The quantitative estimate of drug-likeness (QED) is 0.650. The van der Waals surface area contributed by atoms with Crippen LogP contribution >= 0.6 is 11.8 Å². The molecule has 0 unspecified atom stereocenters. The van der Waals surface area contributed by atoms with Gasteiger partial charge in [-0.2, -0.15) is 0 Å². The topological polar surface area (TPSA) is 66.7 Å². The largest absolute Gasteiger partial charge is 0.459 e. The van der Waals surface area contributed by atoms with E-state index in [-0.39, 0.29) is 11.8 Å². The molecule has 0 bridgehead atoms. The van der Waals surface area contributed by atoms with Gasteiger partial charge in [0.25, 0.3) is 5.91 Å². The molecule has 0 saturated carbocycles. The van der Waals surface area contributed by atoms with Gasteiger partial charge in [-0.25, -0.2) is 0 Å². The number of hydrogen-bond acceptors (Lipinski definition) is 5. The third-order valence-electron chi connectivity index (χ3n) is 4.60. The predicted octanol–water partition coefficient (Wildman–Crippen LogP) is 2.90. The van der Waals surface area contributed by atoms with Crippen molar-refractivity contribution >= 4 is 34.5 Å². The zero-order chi connectivity index (χ0) is 18.6. The Morgan fingerprint density at radius 2 is 1.78 bits per heavy atom. The number of thioether (sulfide) groups is 1. The van der Waals surface area contributed by atoms with Gasteiger partial charge in [0.15, 0.2) is 5.76 Å². The van der Waals surface area contributed by atoms with Crippen LogP contribution in [0.2, 0.25) is 0 Å². The average molecular weight is 381 g/mol. The number of fused-ring (bicyclic) bond motifs is 1. The van der Waals surface area contributed by atoms with Crippen LogP contribution in [0.15, 0.2) is 64.2 Å². The van der Waals surface area contributed by atoms with Gasteiger partial charge in [-0.3, -0.25) is 14.6 Å². The lowest BCUT2D eigenvalue weighted by Crippen LogP contribution is -2.51. The molecule has 3 aromatic rings. The zero-order valence-electron chi connectivity index (χ0n) is 14.7. The van der Waals surface area contributed by atoms with Crippen molar-refractivity contribution in [1.29, 1.82) is 0 Å². The van der Waals surface area contributed by atoms with E-state index in [1.165, 1.54) is 18.0 Å². The number of amides is 2. The fourth-order valence-electron chi connectivity index (χ4n) is 3.14. The van der Waals surface area contributed by atoms with Gasteiger partial charge in [-0.05, 0) is 24.3 Å². The van der Waals surface area contributed by atoms with E-state index in [9.17, 15) is 9.59 Å². The minimum atomic E-state index is -0.122. The summed E-state index contributed by atoms with van der Waals surface area (Å²) in [6.07, 6.45) is 3.26. The van der Waals surface area contributed by atoms with E-state index >= 15 is 0 Å². The minimum Gasteiger partial charge on any atom is -0.459 e. The number of hydrogen-bond donors (Lipinski definition) is 0. The summed E-state index contributed by atoms with van der Waals surface area (Å²) in [5.74, 6) is 0.664. The number of carbonyl (C=O) groups is 2. The lowest BCUT2D eigenvalue weighted by atomic mass is 10.2. The molecule has 6 nitrogen and oxygen atoms in total. The number of nitrogens with zero attached hydrogens (tertiary/aromatic N) is 3. The first-order valence-electron chi connectivity index (χ1n) is 8.79. The zero-order valence-corrected chi connectivity index (χ0v) is 15.5. The van der Waals surface area contributed by atoms with E-state index in [0.717, 1.165) is 15.8 Å². The Bertz CT molecular complexity index is 945. The van der Waals surface area contributed by atoms with Crippen molar-refractivity contribution in [3.05, 3.63) is 60.7 Å². The third-order valence-corrected chi connectivity index (χ3v) is 5.63. The molecule has 0 atom stereocenters. The van der Waals surface area contributed by atoms with Crippen molar-refractivity contribution in [2.75, 3.05) is 31.9 Å². The summed E-state index contributed by atoms with van der Waals surface area (Å²) in [4.78, 5) is 33.8. The molecule has 2 amide bonds. The average Bonchev–Trinajstić information content (AvgIpc) is 3.26. The smallest absolute Gasteiger partial charge is 0.289 e. The van der Waals surface area contributed by atoms with Crippen LogP contribution in [0.3, 0.4) is 0 Å². The maximum Gasteiger partial charge on any atom is 0.289 e. The van der Waals surface area contributed by atoms with Crippen LogP contribution in [0.5, 0.6) is 0 Å². The molecule has 2 aromatic heterocycles. The maximum absolute atomic E-state index is 12.6. The summed E-state index contributed by atoms with van der Waals surface area (Å²) >= 11 is 1.51. The van der Waals surface area contributed by atoms with E-state index in [1.807, 2.05) is 35.2 Å². The van der Waals surface area contributed by atoms with Crippen LogP contribution in [-0.2, 0) is 4.79 Å². The second-order valence-electron chi connectivity index (χ2n) is 6.27. The highest BCUT2D eigenvalue weighted by Crippen LogP contribution is 2.26. The highest BCUT2D eigenvalue weighted by atomic mass is 32.2. The number of rotatable bonds is 4. The lowest BCUT2D eigenvalue weighted by Gasteiger charge is -2.34. The molecule has 7 heteroatoms. The fourth-order valence-corrected chi connectivity index (χ4v) is 4.08. The number of pyridine rings is 1. The van der Waals surface area contributed by atoms with Gasteiger partial charge in [0, 0.05) is 42.7 Å². The van der Waals surface area contributed by atoms with Crippen LogP contribution in [0.25, 0.3) is 10.9 Å². The van der Waals surface area contributed by atoms with Gasteiger partial charge in [0.1, 0.15) is 0 Å². The number of carbonyl (C=O) groups excluding carboxylic acids is 2. The highest BCUT2D eigenvalue weighted by molar-refractivity contribution is 8.00. The number of benzene rings is 1. The van der Waals surface area contributed by atoms with E-state index in [0.29, 0.717) is 37.7 Å². The van der Waals surface area contributed by atoms with E-state index in [1.54, 1.807) is 23.2 Å². The molecule has 4 rings (SSSR count). The van der Waals surface area contributed by atoms with Gasteiger partial charge in [0.05, 0.1) is 17.5 Å². The number of furan rings is 1.